The molecule has 1 aromatic carbocycles. The average molecular weight is 276 g/mol. The second kappa shape index (κ2) is 7.09. The van der Waals surface area contributed by atoms with Crippen LogP contribution in [0.5, 0.6) is 5.75 Å². The summed E-state index contributed by atoms with van der Waals surface area (Å²) in [5.74, 6) is 1.65. The highest BCUT2D eigenvalue weighted by Crippen LogP contribution is 2.29. The van der Waals surface area contributed by atoms with Crippen LogP contribution in [-0.4, -0.2) is 38.2 Å². The number of hydrogen-bond acceptors (Lipinski definition) is 3. The first-order valence-corrected chi connectivity index (χ1v) is 7.69. The van der Waals surface area contributed by atoms with E-state index in [1.165, 1.54) is 24.9 Å². The van der Waals surface area contributed by atoms with E-state index in [0.717, 1.165) is 24.3 Å². The lowest BCUT2D eigenvalue weighted by atomic mass is 10.1. The van der Waals surface area contributed by atoms with Crippen molar-refractivity contribution in [2.24, 2.45) is 5.92 Å². The van der Waals surface area contributed by atoms with Crippen molar-refractivity contribution in [1.82, 2.24) is 10.2 Å². The predicted molar refractivity (Wildman–Crippen MR) is 84.2 cm³/mol. The Morgan fingerprint density at radius 1 is 1.20 bits per heavy atom. The van der Waals surface area contributed by atoms with Gasteiger partial charge in [-0.2, -0.15) is 0 Å². The Bertz CT molecular complexity index is 398. The number of hydrogen-bond donors (Lipinski definition) is 1. The first-order valence-electron chi connectivity index (χ1n) is 7.69. The normalized spacial score (nSPS) is 16.7. The molecular formula is C17H28N2O. The van der Waals surface area contributed by atoms with Crippen molar-refractivity contribution in [2.75, 3.05) is 27.2 Å². The van der Waals surface area contributed by atoms with E-state index in [-0.39, 0.29) is 0 Å². The molecule has 1 aliphatic rings. The minimum Gasteiger partial charge on any atom is -0.497 e. The third kappa shape index (κ3) is 4.22. The zero-order valence-electron chi connectivity index (χ0n) is 13.2. The van der Waals surface area contributed by atoms with Crippen LogP contribution in [0.1, 0.15) is 38.3 Å². The number of benzene rings is 1. The zero-order chi connectivity index (χ0) is 14.5. The highest BCUT2D eigenvalue weighted by molar-refractivity contribution is 5.29. The molecule has 1 unspecified atom stereocenters. The fraction of sp³-hybridized carbons (Fsp3) is 0.647. The summed E-state index contributed by atoms with van der Waals surface area (Å²) < 4.78 is 5.23. The van der Waals surface area contributed by atoms with E-state index in [0.29, 0.717) is 6.04 Å². The Balaban J connectivity index is 2.02. The molecule has 1 atom stereocenters. The zero-order valence-corrected chi connectivity index (χ0v) is 13.2. The van der Waals surface area contributed by atoms with Gasteiger partial charge in [0.15, 0.2) is 0 Å². The number of rotatable bonds is 8. The monoisotopic (exact) mass is 276 g/mol. The van der Waals surface area contributed by atoms with E-state index in [1.807, 2.05) is 12.1 Å². The van der Waals surface area contributed by atoms with Crippen molar-refractivity contribution in [3.63, 3.8) is 0 Å². The van der Waals surface area contributed by atoms with Gasteiger partial charge in [-0.3, -0.25) is 4.90 Å². The minimum absolute atomic E-state index is 0.389. The van der Waals surface area contributed by atoms with Crippen molar-refractivity contribution >= 4 is 0 Å². The summed E-state index contributed by atoms with van der Waals surface area (Å²) in [5.41, 5.74) is 1.34. The van der Waals surface area contributed by atoms with Gasteiger partial charge < -0.3 is 10.1 Å². The van der Waals surface area contributed by atoms with Crippen LogP contribution in [0, 0.1) is 5.92 Å². The Labute approximate surface area is 123 Å². The van der Waals surface area contributed by atoms with Crippen molar-refractivity contribution in [2.45, 2.75) is 38.8 Å². The maximum atomic E-state index is 5.23. The summed E-state index contributed by atoms with van der Waals surface area (Å²) in [6, 6.07) is 9.63. The molecule has 1 N–H and O–H groups in total. The molecule has 0 saturated heterocycles. The second-order valence-electron chi connectivity index (χ2n) is 6.19. The molecule has 1 aliphatic carbocycles. The molecule has 0 spiro atoms. The Morgan fingerprint density at radius 3 is 2.30 bits per heavy atom. The Morgan fingerprint density at radius 2 is 1.85 bits per heavy atom. The van der Waals surface area contributed by atoms with Gasteiger partial charge in [-0.05, 0) is 43.5 Å². The smallest absolute Gasteiger partial charge is 0.118 e. The van der Waals surface area contributed by atoms with E-state index in [9.17, 15) is 0 Å². The quantitative estimate of drug-likeness (QED) is 0.789. The summed E-state index contributed by atoms with van der Waals surface area (Å²) in [5, 5.41) is 3.46. The van der Waals surface area contributed by atoms with Crippen molar-refractivity contribution in [3.05, 3.63) is 29.8 Å². The number of nitrogens with zero attached hydrogens (tertiary/aromatic N) is 1. The van der Waals surface area contributed by atoms with Gasteiger partial charge in [0, 0.05) is 25.2 Å². The largest absolute Gasteiger partial charge is 0.497 e. The van der Waals surface area contributed by atoms with Crippen LogP contribution >= 0.6 is 0 Å². The average Bonchev–Trinajstić information content (AvgIpc) is 3.28. The predicted octanol–water partition coefficient (Wildman–Crippen LogP) is 3.08. The third-order valence-corrected chi connectivity index (χ3v) is 3.95. The number of ether oxygens (including phenoxy) is 1. The van der Waals surface area contributed by atoms with Gasteiger partial charge >= 0.3 is 0 Å². The molecule has 3 heteroatoms. The van der Waals surface area contributed by atoms with E-state index in [2.05, 4.69) is 43.2 Å². The lowest BCUT2D eigenvalue weighted by molar-refractivity contribution is 0.212. The molecule has 1 fully saturated rings. The van der Waals surface area contributed by atoms with E-state index in [1.54, 1.807) is 7.11 Å². The van der Waals surface area contributed by atoms with Crippen LogP contribution in [-0.2, 0) is 0 Å². The highest BCUT2D eigenvalue weighted by Gasteiger charge is 2.30. The molecule has 0 aliphatic heterocycles. The number of nitrogens with one attached hydrogen (secondary N) is 1. The van der Waals surface area contributed by atoms with Gasteiger partial charge in [-0.15, -0.1) is 0 Å². The fourth-order valence-electron chi connectivity index (χ4n) is 2.72. The van der Waals surface area contributed by atoms with Crippen LogP contribution in [0.4, 0.5) is 0 Å². The van der Waals surface area contributed by atoms with Crippen LogP contribution < -0.4 is 10.1 Å². The van der Waals surface area contributed by atoms with Crippen LogP contribution in [0.25, 0.3) is 0 Å². The molecule has 2 rings (SSSR count). The number of methoxy groups -OCH3 is 1. The summed E-state index contributed by atoms with van der Waals surface area (Å²) >= 11 is 0. The molecule has 0 heterocycles. The first-order chi connectivity index (χ1) is 9.63. The van der Waals surface area contributed by atoms with Crippen LogP contribution in [0.2, 0.25) is 0 Å². The van der Waals surface area contributed by atoms with E-state index >= 15 is 0 Å². The van der Waals surface area contributed by atoms with E-state index < -0.39 is 0 Å². The summed E-state index contributed by atoms with van der Waals surface area (Å²) in [6.45, 7) is 6.89. The van der Waals surface area contributed by atoms with Crippen LogP contribution in [0.3, 0.4) is 0 Å². The Hall–Kier alpha value is -1.06. The molecule has 20 heavy (non-hydrogen) atoms. The van der Waals surface area contributed by atoms with Crippen LogP contribution in [0.15, 0.2) is 24.3 Å². The number of likely N-dealkylation sites (N-methyl/N-ethyl adjacent to an activating group) is 1. The third-order valence-electron chi connectivity index (χ3n) is 3.95. The summed E-state index contributed by atoms with van der Waals surface area (Å²) in [6.07, 6.45) is 2.73. The maximum Gasteiger partial charge on any atom is 0.118 e. The minimum atomic E-state index is 0.389. The molecule has 0 amide bonds. The van der Waals surface area contributed by atoms with Crippen molar-refractivity contribution in [1.29, 1.82) is 0 Å². The van der Waals surface area contributed by atoms with Gasteiger partial charge in [0.1, 0.15) is 5.75 Å². The van der Waals surface area contributed by atoms with Crippen molar-refractivity contribution < 1.29 is 4.74 Å². The molecule has 112 valence electrons. The maximum absolute atomic E-state index is 5.23. The molecular weight excluding hydrogens is 248 g/mol. The molecule has 0 aromatic heterocycles. The lowest BCUT2D eigenvalue weighted by Crippen LogP contribution is -2.37. The molecule has 0 radical (unpaired) electrons. The lowest BCUT2D eigenvalue weighted by Gasteiger charge is -2.29. The van der Waals surface area contributed by atoms with Gasteiger partial charge in [0.25, 0.3) is 0 Å². The first kappa shape index (κ1) is 15.3. The standard InChI is InChI=1S/C17H28N2O/c1-13(2)11-19(15-7-8-15)12-17(18-3)14-5-9-16(20-4)10-6-14/h5-6,9-10,13,15,17-18H,7-8,11-12H2,1-4H3. The van der Waals surface area contributed by atoms with Crippen molar-refractivity contribution in [3.8, 4) is 5.75 Å². The van der Waals surface area contributed by atoms with Gasteiger partial charge in [0.05, 0.1) is 7.11 Å². The molecule has 1 aromatic rings. The summed E-state index contributed by atoms with van der Waals surface area (Å²) in [7, 11) is 3.76. The molecule has 3 nitrogen and oxygen atoms in total. The molecule has 0 bridgehead atoms. The fourth-order valence-corrected chi connectivity index (χ4v) is 2.72. The van der Waals surface area contributed by atoms with Gasteiger partial charge in [-0.1, -0.05) is 26.0 Å². The topological polar surface area (TPSA) is 24.5 Å². The highest BCUT2D eigenvalue weighted by atomic mass is 16.5. The van der Waals surface area contributed by atoms with Gasteiger partial charge in [-0.25, -0.2) is 0 Å². The summed E-state index contributed by atoms with van der Waals surface area (Å²) in [4.78, 5) is 2.65. The SMILES string of the molecule is CNC(CN(CC(C)C)C1CC1)c1ccc(OC)cc1. The Kier molecular flexibility index (Phi) is 5.44. The van der Waals surface area contributed by atoms with Gasteiger partial charge in [0.2, 0.25) is 0 Å². The second-order valence-corrected chi connectivity index (χ2v) is 6.19. The van der Waals surface area contributed by atoms with E-state index in [4.69, 9.17) is 4.74 Å². The molecule has 1 saturated carbocycles.